The van der Waals surface area contributed by atoms with Crippen LogP contribution in [0.25, 0.3) is 0 Å². The summed E-state index contributed by atoms with van der Waals surface area (Å²) in [5.74, 6) is 0.160. The molecule has 0 aliphatic carbocycles. The van der Waals surface area contributed by atoms with E-state index in [0.717, 1.165) is 0 Å². The number of aromatic nitrogens is 2. The minimum atomic E-state index is -1.81. The molecule has 1 aromatic heterocycles. The lowest BCUT2D eigenvalue weighted by molar-refractivity contribution is -0.115. The molecular formula is C12H20N2O4Si. The third kappa shape index (κ3) is 4.60. The summed E-state index contributed by atoms with van der Waals surface area (Å²) in [7, 11) is -1.81. The van der Waals surface area contributed by atoms with Crippen LogP contribution < -0.4 is 11.2 Å². The quantitative estimate of drug-likeness (QED) is 0.781. The number of H-pyrrole nitrogens is 1. The van der Waals surface area contributed by atoms with Gasteiger partial charge in [-0.3, -0.25) is 14.3 Å². The summed E-state index contributed by atoms with van der Waals surface area (Å²) in [5, 5.41) is 0. The number of nitrogens with zero attached hydrogens (tertiary/aromatic N) is 1. The van der Waals surface area contributed by atoms with Gasteiger partial charge < -0.3 is 9.53 Å². The van der Waals surface area contributed by atoms with Crippen molar-refractivity contribution in [2.24, 2.45) is 0 Å². The van der Waals surface area contributed by atoms with Crippen LogP contribution in [0, 0.1) is 0 Å². The number of rotatable bonds is 6. The van der Waals surface area contributed by atoms with Gasteiger partial charge in [-0.1, -0.05) is 13.1 Å². The first-order valence-corrected chi connectivity index (χ1v) is 9.41. The van der Waals surface area contributed by atoms with Crippen molar-refractivity contribution >= 4 is 13.9 Å². The van der Waals surface area contributed by atoms with Crippen molar-refractivity contribution in [3.63, 3.8) is 0 Å². The first-order chi connectivity index (χ1) is 8.72. The smallest absolute Gasteiger partial charge is 0.330 e. The lowest BCUT2D eigenvalue weighted by Crippen LogP contribution is -2.43. The van der Waals surface area contributed by atoms with Crippen molar-refractivity contribution in [3.8, 4) is 0 Å². The number of carbonyl (C=O) groups is 1. The van der Waals surface area contributed by atoms with E-state index in [-0.39, 0.29) is 18.2 Å². The Hall–Kier alpha value is -1.47. The number of hydrogen-bond acceptors (Lipinski definition) is 4. The minimum absolute atomic E-state index is 0.0600. The zero-order chi connectivity index (χ0) is 14.6. The maximum Gasteiger partial charge on any atom is 0.330 e. The molecule has 1 atom stereocenters. The predicted octanol–water partition coefficient (Wildman–Crippen LogP) is 0.736. The SMILES string of the molecule is CC(=O)C[Si](C)(C)C(C)OCn1ccc(=O)[nH]c1=O. The maximum atomic E-state index is 11.5. The number of Topliss-reactive ketones (excluding diaryl/α,β-unsaturated/α-hetero) is 1. The number of nitrogens with one attached hydrogen (secondary N) is 1. The predicted molar refractivity (Wildman–Crippen MR) is 74.8 cm³/mol. The van der Waals surface area contributed by atoms with Gasteiger partial charge in [0.05, 0.1) is 8.07 Å². The second-order valence-electron chi connectivity index (χ2n) is 5.39. The number of hydrogen-bond donors (Lipinski definition) is 1. The monoisotopic (exact) mass is 284 g/mol. The van der Waals surface area contributed by atoms with Crippen molar-refractivity contribution in [2.45, 2.75) is 45.4 Å². The molecule has 0 radical (unpaired) electrons. The third-order valence-electron chi connectivity index (χ3n) is 3.17. The van der Waals surface area contributed by atoms with E-state index in [9.17, 15) is 14.4 Å². The Morgan fingerprint density at radius 2 is 2.11 bits per heavy atom. The van der Waals surface area contributed by atoms with Gasteiger partial charge in [0.1, 0.15) is 12.5 Å². The molecule has 1 aromatic rings. The topological polar surface area (TPSA) is 81.2 Å². The summed E-state index contributed by atoms with van der Waals surface area (Å²) < 4.78 is 6.95. The molecule has 7 heteroatoms. The molecule has 1 heterocycles. The molecule has 106 valence electrons. The van der Waals surface area contributed by atoms with Crippen LogP contribution in [0.15, 0.2) is 21.9 Å². The molecule has 0 aliphatic heterocycles. The Morgan fingerprint density at radius 3 is 2.63 bits per heavy atom. The van der Waals surface area contributed by atoms with Crippen LogP contribution in [0.4, 0.5) is 0 Å². The molecule has 1 unspecified atom stereocenters. The molecule has 0 spiro atoms. The first kappa shape index (κ1) is 15.6. The van der Waals surface area contributed by atoms with E-state index in [1.807, 2.05) is 6.92 Å². The highest BCUT2D eigenvalue weighted by atomic mass is 28.3. The van der Waals surface area contributed by atoms with Gasteiger partial charge in [-0.25, -0.2) is 4.79 Å². The third-order valence-corrected chi connectivity index (χ3v) is 6.94. The standard InChI is InChI=1S/C12H20N2O4Si/c1-9(15)7-19(3,4)10(2)18-8-14-6-5-11(16)13-12(14)17/h5-6,10H,7-8H2,1-4H3,(H,13,16,17). The second-order valence-corrected chi connectivity index (χ2v) is 10.5. The van der Waals surface area contributed by atoms with Crippen molar-refractivity contribution < 1.29 is 9.53 Å². The minimum Gasteiger partial charge on any atom is -0.361 e. The van der Waals surface area contributed by atoms with E-state index < -0.39 is 19.3 Å². The molecular weight excluding hydrogens is 264 g/mol. The van der Waals surface area contributed by atoms with Gasteiger partial charge >= 0.3 is 5.69 Å². The highest BCUT2D eigenvalue weighted by Crippen LogP contribution is 2.17. The van der Waals surface area contributed by atoms with Crippen LogP contribution in [0.2, 0.25) is 19.1 Å². The van der Waals surface area contributed by atoms with E-state index in [1.54, 1.807) is 6.92 Å². The van der Waals surface area contributed by atoms with E-state index in [0.29, 0.717) is 6.04 Å². The van der Waals surface area contributed by atoms with E-state index >= 15 is 0 Å². The summed E-state index contributed by atoms with van der Waals surface area (Å²) in [6.45, 7) is 7.73. The van der Waals surface area contributed by atoms with Crippen LogP contribution in [0.5, 0.6) is 0 Å². The molecule has 0 saturated carbocycles. The van der Waals surface area contributed by atoms with Gasteiger partial charge in [0.15, 0.2) is 0 Å². The Labute approximate surface area is 112 Å². The highest BCUT2D eigenvalue weighted by Gasteiger charge is 2.30. The van der Waals surface area contributed by atoms with E-state index in [4.69, 9.17) is 4.74 Å². The average molecular weight is 284 g/mol. The lowest BCUT2D eigenvalue weighted by atomic mass is 10.5. The van der Waals surface area contributed by atoms with Crippen molar-refractivity contribution in [1.29, 1.82) is 0 Å². The Bertz CT molecular complexity index is 561. The van der Waals surface area contributed by atoms with Gasteiger partial charge in [0, 0.05) is 24.0 Å². The Kier molecular flexibility index (Phi) is 5.02. The molecule has 6 nitrogen and oxygen atoms in total. The van der Waals surface area contributed by atoms with Crippen molar-refractivity contribution in [3.05, 3.63) is 33.1 Å². The molecule has 0 aliphatic rings. The van der Waals surface area contributed by atoms with Gasteiger partial charge in [-0.05, 0) is 13.8 Å². The molecule has 0 saturated heterocycles. The van der Waals surface area contributed by atoms with E-state index in [2.05, 4.69) is 18.1 Å². The first-order valence-electron chi connectivity index (χ1n) is 6.13. The van der Waals surface area contributed by atoms with Crippen LogP contribution >= 0.6 is 0 Å². The molecule has 0 bridgehead atoms. The molecule has 0 amide bonds. The van der Waals surface area contributed by atoms with Crippen LogP contribution in [-0.4, -0.2) is 29.1 Å². The second kappa shape index (κ2) is 6.11. The lowest BCUT2D eigenvalue weighted by Gasteiger charge is -2.28. The normalized spacial score (nSPS) is 13.3. The summed E-state index contributed by atoms with van der Waals surface area (Å²) in [6.07, 6.45) is 1.40. The number of aromatic amines is 1. The van der Waals surface area contributed by atoms with Crippen LogP contribution in [-0.2, 0) is 16.3 Å². The van der Waals surface area contributed by atoms with Gasteiger partial charge in [0.2, 0.25) is 0 Å². The summed E-state index contributed by atoms with van der Waals surface area (Å²) >= 11 is 0. The maximum absolute atomic E-state index is 11.5. The van der Waals surface area contributed by atoms with Crippen LogP contribution in [0.3, 0.4) is 0 Å². The Balaban J connectivity index is 2.68. The van der Waals surface area contributed by atoms with Gasteiger partial charge in [-0.2, -0.15) is 0 Å². The Morgan fingerprint density at radius 1 is 1.47 bits per heavy atom. The molecule has 0 aromatic carbocycles. The molecule has 1 rings (SSSR count). The number of carbonyl (C=O) groups excluding carboxylic acids is 1. The molecule has 0 fully saturated rings. The molecule has 19 heavy (non-hydrogen) atoms. The fourth-order valence-corrected chi connectivity index (χ4v) is 3.85. The zero-order valence-corrected chi connectivity index (χ0v) is 12.7. The number of ketones is 1. The van der Waals surface area contributed by atoms with Gasteiger partial charge in [-0.15, -0.1) is 0 Å². The fourth-order valence-electron chi connectivity index (χ4n) is 1.75. The summed E-state index contributed by atoms with van der Waals surface area (Å²) in [6, 6.07) is 1.82. The van der Waals surface area contributed by atoms with Crippen molar-refractivity contribution in [1.82, 2.24) is 9.55 Å². The number of ether oxygens (including phenoxy) is 1. The zero-order valence-electron chi connectivity index (χ0n) is 11.7. The largest absolute Gasteiger partial charge is 0.361 e. The van der Waals surface area contributed by atoms with Crippen LogP contribution in [0.1, 0.15) is 13.8 Å². The summed E-state index contributed by atoms with van der Waals surface area (Å²) in [5.41, 5.74) is -0.985. The average Bonchev–Trinajstić information content (AvgIpc) is 2.25. The van der Waals surface area contributed by atoms with Gasteiger partial charge in [0.25, 0.3) is 5.56 Å². The fraction of sp³-hybridized carbons (Fsp3) is 0.583. The summed E-state index contributed by atoms with van der Waals surface area (Å²) in [4.78, 5) is 35.8. The van der Waals surface area contributed by atoms with Crippen molar-refractivity contribution in [2.75, 3.05) is 0 Å². The van der Waals surface area contributed by atoms with E-state index in [1.165, 1.54) is 16.8 Å². The molecule has 1 N–H and O–H groups in total. The highest BCUT2D eigenvalue weighted by molar-refractivity contribution is 6.81.